The number of fused-ring (bicyclic) bond motifs is 1. The van der Waals surface area contributed by atoms with Crippen LogP contribution in [-0.4, -0.2) is 60.2 Å². The van der Waals surface area contributed by atoms with Crippen LogP contribution in [0.4, 0.5) is 10.7 Å². The van der Waals surface area contributed by atoms with E-state index < -0.39 is 12.2 Å². The number of hydrogen-bond acceptors (Lipinski definition) is 7. The van der Waals surface area contributed by atoms with Crippen LogP contribution in [0.25, 0.3) is 0 Å². The van der Waals surface area contributed by atoms with Crippen molar-refractivity contribution in [2.24, 2.45) is 0 Å². The van der Waals surface area contributed by atoms with Crippen molar-refractivity contribution in [2.45, 2.75) is 57.5 Å². The van der Waals surface area contributed by atoms with Crippen LogP contribution in [0.15, 0.2) is 12.3 Å². The first-order chi connectivity index (χ1) is 11.9. The van der Waals surface area contributed by atoms with Gasteiger partial charge < -0.3 is 24.8 Å². The molecule has 0 radical (unpaired) electrons. The van der Waals surface area contributed by atoms with Crippen LogP contribution in [0.2, 0.25) is 0 Å². The summed E-state index contributed by atoms with van der Waals surface area (Å²) in [5, 5.41) is 5.91. The van der Waals surface area contributed by atoms with Gasteiger partial charge >= 0.3 is 6.09 Å². The maximum absolute atomic E-state index is 11.6. The molecule has 2 saturated heterocycles. The lowest BCUT2D eigenvalue weighted by Crippen LogP contribution is -2.39. The minimum atomic E-state index is -0.446. The molecule has 0 aliphatic carbocycles. The predicted octanol–water partition coefficient (Wildman–Crippen LogP) is 1.47. The first-order valence-electron chi connectivity index (χ1n) is 8.66. The van der Waals surface area contributed by atoms with Crippen LogP contribution in [0.1, 0.15) is 33.4 Å². The highest BCUT2D eigenvalue weighted by atomic mass is 16.6. The zero-order valence-corrected chi connectivity index (χ0v) is 15.1. The number of ether oxygens (including phenoxy) is 3. The zero-order valence-electron chi connectivity index (χ0n) is 15.1. The minimum absolute atomic E-state index is 0.0521. The van der Waals surface area contributed by atoms with Crippen molar-refractivity contribution in [3.05, 3.63) is 18.0 Å². The van der Waals surface area contributed by atoms with E-state index >= 15 is 0 Å². The molecule has 0 bridgehead atoms. The molecule has 3 heterocycles. The Bertz CT molecular complexity index is 619. The van der Waals surface area contributed by atoms with Crippen molar-refractivity contribution < 1.29 is 19.0 Å². The number of anilines is 1. The van der Waals surface area contributed by atoms with E-state index in [1.54, 1.807) is 6.20 Å². The summed E-state index contributed by atoms with van der Waals surface area (Å²) in [5.74, 6) is 0.554. The van der Waals surface area contributed by atoms with Crippen molar-refractivity contribution in [2.75, 3.05) is 25.1 Å². The molecule has 2 aliphatic rings. The fraction of sp³-hybridized carbons (Fsp3) is 0.706. The molecular weight excluding hydrogens is 324 g/mol. The van der Waals surface area contributed by atoms with Crippen molar-refractivity contribution >= 4 is 12.0 Å². The number of carbonyl (C=O) groups is 1. The molecule has 2 aliphatic heterocycles. The molecule has 1 aromatic rings. The number of alkyl carbamates (subject to hydrolysis) is 1. The lowest BCUT2D eigenvalue weighted by atomic mass is 9.92. The van der Waals surface area contributed by atoms with Crippen LogP contribution < -0.4 is 10.6 Å². The third-order valence-electron chi connectivity index (χ3n) is 4.33. The van der Waals surface area contributed by atoms with Gasteiger partial charge in [0.2, 0.25) is 5.95 Å². The zero-order chi connectivity index (χ0) is 18.0. The fourth-order valence-electron chi connectivity index (χ4n) is 3.02. The van der Waals surface area contributed by atoms with Gasteiger partial charge in [-0.3, -0.25) is 0 Å². The molecule has 1 aromatic heterocycles. The van der Waals surface area contributed by atoms with Gasteiger partial charge in [-0.1, -0.05) is 20.8 Å². The highest BCUT2D eigenvalue weighted by molar-refractivity contribution is 5.67. The Morgan fingerprint density at radius 2 is 2.08 bits per heavy atom. The Kier molecular flexibility index (Phi) is 5.10. The molecule has 25 heavy (non-hydrogen) atoms. The normalized spacial score (nSPS) is 28.5. The monoisotopic (exact) mass is 350 g/mol. The minimum Gasteiger partial charge on any atom is -0.441 e. The van der Waals surface area contributed by atoms with Crippen LogP contribution in [0.3, 0.4) is 0 Å². The van der Waals surface area contributed by atoms with E-state index in [0.717, 1.165) is 5.69 Å². The van der Waals surface area contributed by atoms with Crippen molar-refractivity contribution in [1.82, 2.24) is 15.3 Å². The largest absolute Gasteiger partial charge is 0.441 e. The summed E-state index contributed by atoms with van der Waals surface area (Å²) in [6, 6.07) is 1.84. The van der Waals surface area contributed by atoms with E-state index in [-0.39, 0.29) is 23.7 Å². The van der Waals surface area contributed by atoms with E-state index in [0.29, 0.717) is 25.7 Å². The molecule has 4 atom stereocenters. The summed E-state index contributed by atoms with van der Waals surface area (Å²) < 4.78 is 17.0. The van der Waals surface area contributed by atoms with Crippen LogP contribution in [0.5, 0.6) is 0 Å². The molecule has 0 spiro atoms. The first kappa shape index (κ1) is 17.9. The maximum Gasteiger partial charge on any atom is 0.407 e. The van der Waals surface area contributed by atoms with Gasteiger partial charge in [-0.25, -0.2) is 14.8 Å². The quantitative estimate of drug-likeness (QED) is 0.849. The first-order valence-corrected chi connectivity index (χ1v) is 8.66. The number of rotatable bonds is 4. The molecule has 0 saturated carbocycles. The standard InChI is InChI=1S/C17H26N4O4/c1-5-18-16(22)25-11-9-24-13-10(8-23-14(11)13)20-15-19-7-6-12(21-15)17(2,3)4/h6-7,10-11,13-14H,5,8-9H2,1-4H3,(H,18,22)(H,19,20,21)/t10-,11-,13-,14+/m0/s1. The molecule has 8 heteroatoms. The van der Waals surface area contributed by atoms with E-state index in [9.17, 15) is 4.79 Å². The van der Waals surface area contributed by atoms with Crippen molar-refractivity contribution in [3.63, 3.8) is 0 Å². The highest BCUT2D eigenvalue weighted by Gasteiger charge is 2.49. The average Bonchev–Trinajstić information content (AvgIpc) is 3.11. The Hall–Kier alpha value is -1.93. The Balaban J connectivity index is 1.62. The van der Waals surface area contributed by atoms with E-state index in [1.165, 1.54) is 0 Å². The molecule has 3 rings (SSSR count). The van der Waals surface area contributed by atoms with Crippen molar-refractivity contribution in [3.8, 4) is 0 Å². The molecule has 2 N–H and O–H groups in total. The fourth-order valence-corrected chi connectivity index (χ4v) is 3.02. The molecule has 0 aromatic carbocycles. The van der Waals surface area contributed by atoms with Crippen LogP contribution >= 0.6 is 0 Å². The Morgan fingerprint density at radius 1 is 1.32 bits per heavy atom. The Morgan fingerprint density at radius 3 is 2.80 bits per heavy atom. The maximum atomic E-state index is 11.6. The van der Waals surface area contributed by atoms with Gasteiger partial charge in [0, 0.05) is 18.2 Å². The van der Waals surface area contributed by atoms with Gasteiger partial charge in [0.15, 0.2) is 6.10 Å². The number of amides is 1. The van der Waals surface area contributed by atoms with E-state index in [2.05, 4.69) is 41.4 Å². The second-order valence-electron chi connectivity index (χ2n) is 7.34. The van der Waals surface area contributed by atoms with Gasteiger partial charge in [0.1, 0.15) is 12.2 Å². The molecule has 1 amide bonds. The van der Waals surface area contributed by atoms with Crippen LogP contribution in [0, 0.1) is 0 Å². The summed E-state index contributed by atoms with van der Waals surface area (Å²) in [4.78, 5) is 20.5. The van der Waals surface area contributed by atoms with Gasteiger partial charge in [-0.15, -0.1) is 0 Å². The topological polar surface area (TPSA) is 94.6 Å². The number of carbonyl (C=O) groups excluding carboxylic acids is 1. The average molecular weight is 350 g/mol. The molecule has 2 fully saturated rings. The Labute approximate surface area is 147 Å². The summed E-state index contributed by atoms with van der Waals surface area (Å²) in [6.45, 7) is 9.47. The highest BCUT2D eigenvalue weighted by Crippen LogP contribution is 2.30. The second-order valence-corrected chi connectivity index (χ2v) is 7.34. The summed E-state index contributed by atoms with van der Waals surface area (Å²) in [5.41, 5.74) is 0.911. The van der Waals surface area contributed by atoms with Gasteiger partial charge in [0.25, 0.3) is 0 Å². The molecule has 0 unspecified atom stereocenters. The lowest BCUT2D eigenvalue weighted by molar-refractivity contribution is 0.00462. The van der Waals surface area contributed by atoms with Gasteiger partial charge in [-0.05, 0) is 13.0 Å². The third kappa shape index (κ3) is 4.01. The number of nitrogens with one attached hydrogen (secondary N) is 2. The second kappa shape index (κ2) is 7.13. The van der Waals surface area contributed by atoms with E-state index in [1.807, 2.05) is 13.0 Å². The summed E-state index contributed by atoms with van der Waals surface area (Å²) >= 11 is 0. The summed E-state index contributed by atoms with van der Waals surface area (Å²) in [7, 11) is 0. The molecular formula is C17H26N4O4. The van der Waals surface area contributed by atoms with Crippen molar-refractivity contribution in [1.29, 1.82) is 0 Å². The number of hydrogen-bond donors (Lipinski definition) is 2. The van der Waals surface area contributed by atoms with E-state index in [4.69, 9.17) is 14.2 Å². The SMILES string of the molecule is CCNC(=O)O[C@H]1CO[C@@H]2[C@@H]1OC[C@@H]2Nc1nccc(C(C)(C)C)n1. The predicted molar refractivity (Wildman–Crippen MR) is 91.6 cm³/mol. The van der Waals surface area contributed by atoms with Crippen LogP contribution in [-0.2, 0) is 19.6 Å². The summed E-state index contributed by atoms with van der Waals surface area (Å²) in [6.07, 6.45) is 0.440. The van der Waals surface area contributed by atoms with Gasteiger partial charge in [-0.2, -0.15) is 0 Å². The number of nitrogens with zero attached hydrogens (tertiary/aromatic N) is 2. The molecule has 138 valence electrons. The van der Waals surface area contributed by atoms with Gasteiger partial charge in [0.05, 0.1) is 24.9 Å². The third-order valence-corrected chi connectivity index (χ3v) is 4.33. The molecule has 8 nitrogen and oxygen atoms in total. The number of aromatic nitrogens is 2. The smallest absolute Gasteiger partial charge is 0.407 e. The lowest BCUT2D eigenvalue weighted by Gasteiger charge is -2.20.